The Kier molecular flexibility index (Phi) is 7.05. The van der Waals surface area contributed by atoms with Crippen LogP contribution in [0.15, 0.2) is 42.5 Å². The topological polar surface area (TPSA) is 101 Å². The Labute approximate surface area is 193 Å². The van der Waals surface area contributed by atoms with Gasteiger partial charge in [0.15, 0.2) is 0 Å². The minimum Gasteiger partial charge on any atom is -0.497 e. The predicted octanol–water partition coefficient (Wildman–Crippen LogP) is 4.31. The van der Waals surface area contributed by atoms with Crippen LogP contribution in [0.25, 0.3) is 10.6 Å². The Morgan fingerprint density at radius 1 is 1.13 bits per heavy atom. The quantitative estimate of drug-likeness (QED) is 0.518. The first-order valence-corrected chi connectivity index (χ1v) is 12.3. The highest BCUT2D eigenvalue weighted by Crippen LogP contribution is 2.31. The van der Waals surface area contributed by atoms with Crippen LogP contribution >= 0.6 is 34.5 Å². The first-order valence-electron chi connectivity index (χ1n) is 8.83. The van der Waals surface area contributed by atoms with E-state index in [0.717, 1.165) is 27.5 Å². The van der Waals surface area contributed by atoms with Crippen molar-refractivity contribution in [3.63, 3.8) is 0 Å². The maximum Gasteiger partial charge on any atom is 0.249 e. The number of halogens is 2. The maximum absolute atomic E-state index is 12.8. The van der Waals surface area contributed by atoms with Gasteiger partial charge in [-0.05, 0) is 49.4 Å². The number of carbonyl (C=O) groups excluding carboxylic acids is 1. The summed E-state index contributed by atoms with van der Waals surface area (Å²) in [5.74, 6) is 0.132. The monoisotopic (exact) mass is 500 g/mol. The number of hydrogen-bond acceptors (Lipinski definition) is 7. The number of carbonyl (C=O) groups is 1. The normalized spacial score (nSPS) is 12.3. The maximum atomic E-state index is 12.8. The summed E-state index contributed by atoms with van der Waals surface area (Å²) < 4.78 is 30.9. The van der Waals surface area contributed by atoms with E-state index in [0.29, 0.717) is 10.8 Å². The van der Waals surface area contributed by atoms with Gasteiger partial charge < -0.3 is 4.74 Å². The molecule has 3 rings (SSSR count). The second kappa shape index (κ2) is 9.39. The van der Waals surface area contributed by atoms with E-state index >= 15 is 0 Å². The van der Waals surface area contributed by atoms with Gasteiger partial charge in [-0.2, -0.15) is 0 Å². The molecule has 1 amide bonds. The molecule has 1 heterocycles. The van der Waals surface area contributed by atoms with Crippen LogP contribution in [0.2, 0.25) is 10.0 Å². The van der Waals surface area contributed by atoms with E-state index in [4.69, 9.17) is 27.9 Å². The number of nitrogens with zero attached hydrogens (tertiary/aromatic N) is 3. The van der Waals surface area contributed by atoms with Gasteiger partial charge in [0.05, 0.1) is 29.1 Å². The summed E-state index contributed by atoms with van der Waals surface area (Å²) in [4.78, 5) is 12.8. The Bertz CT molecular complexity index is 1200. The number of methoxy groups -OCH3 is 1. The number of sulfonamides is 1. The van der Waals surface area contributed by atoms with Crippen LogP contribution in [-0.2, 0) is 14.8 Å². The van der Waals surface area contributed by atoms with E-state index in [1.165, 1.54) is 25.1 Å². The van der Waals surface area contributed by atoms with Gasteiger partial charge in [-0.15, -0.1) is 10.2 Å². The fraction of sp³-hybridized carbons (Fsp3) is 0.211. The molecule has 0 spiro atoms. The molecular formula is C19H18Cl2N4O4S2. The van der Waals surface area contributed by atoms with Gasteiger partial charge >= 0.3 is 0 Å². The van der Waals surface area contributed by atoms with Gasteiger partial charge in [0.25, 0.3) is 0 Å². The van der Waals surface area contributed by atoms with Crippen molar-refractivity contribution in [1.29, 1.82) is 0 Å². The fourth-order valence-electron chi connectivity index (χ4n) is 2.76. The first-order chi connectivity index (χ1) is 14.6. The lowest BCUT2D eigenvalue weighted by Gasteiger charge is -2.28. The lowest BCUT2D eigenvalue weighted by molar-refractivity contribution is -0.116. The van der Waals surface area contributed by atoms with Crippen LogP contribution in [0.4, 0.5) is 10.8 Å². The number of rotatable bonds is 7. The lowest BCUT2D eigenvalue weighted by Crippen LogP contribution is -2.45. The Hall–Kier alpha value is -2.40. The largest absolute Gasteiger partial charge is 0.497 e. The van der Waals surface area contributed by atoms with Crippen molar-refractivity contribution in [2.45, 2.75) is 13.0 Å². The molecule has 2 aromatic carbocycles. The minimum atomic E-state index is -3.80. The molecule has 0 saturated heterocycles. The zero-order valence-electron chi connectivity index (χ0n) is 16.7. The van der Waals surface area contributed by atoms with Crippen molar-refractivity contribution in [2.75, 3.05) is 23.0 Å². The number of benzene rings is 2. The molecule has 0 radical (unpaired) electrons. The van der Waals surface area contributed by atoms with Crippen LogP contribution in [0.5, 0.6) is 5.75 Å². The molecule has 0 bridgehead atoms. The van der Waals surface area contributed by atoms with Crippen molar-refractivity contribution in [1.82, 2.24) is 10.2 Å². The van der Waals surface area contributed by atoms with E-state index in [9.17, 15) is 13.2 Å². The van der Waals surface area contributed by atoms with Gasteiger partial charge in [0.2, 0.25) is 21.1 Å². The van der Waals surface area contributed by atoms with Gasteiger partial charge in [-0.25, -0.2) is 8.42 Å². The standard InChI is InChI=1S/C19H18Cl2N4O4S2/c1-11(25(31(3,27)28)13-6-9-15(20)16(21)10-13)17(26)22-19-24-23-18(30-19)12-4-7-14(29-2)8-5-12/h4-11H,1-3H3,(H,22,24,26)/t11-/m1/s1. The zero-order chi connectivity index (χ0) is 22.8. The van der Waals surface area contributed by atoms with Crippen molar-refractivity contribution in [2.24, 2.45) is 0 Å². The number of ether oxygens (including phenoxy) is 1. The van der Waals surface area contributed by atoms with Crippen molar-refractivity contribution in [3.8, 4) is 16.3 Å². The molecule has 31 heavy (non-hydrogen) atoms. The molecule has 164 valence electrons. The molecule has 3 aromatic rings. The van der Waals surface area contributed by atoms with E-state index in [2.05, 4.69) is 15.5 Å². The second-order valence-electron chi connectivity index (χ2n) is 6.46. The Balaban J connectivity index is 1.81. The van der Waals surface area contributed by atoms with Crippen molar-refractivity contribution in [3.05, 3.63) is 52.5 Å². The van der Waals surface area contributed by atoms with Gasteiger partial charge in [0.1, 0.15) is 16.8 Å². The summed E-state index contributed by atoms with van der Waals surface area (Å²) in [5, 5.41) is 12.0. The number of hydrogen-bond donors (Lipinski definition) is 1. The van der Waals surface area contributed by atoms with Gasteiger partial charge in [0, 0.05) is 5.56 Å². The molecule has 0 aliphatic heterocycles. The molecule has 12 heteroatoms. The number of nitrogens with one attached hydrogen (secondary N) is 1. The molecule has 0 unspecified atom stereocenters. The highest BCUT2D eigenvalue weighted by atomic mass is 35.5. The minimum absolute atomic E-state index is 0.175. The van der Waals surface area contributed by atoms with E-state index in [1.807, 2.05) is 12.1 Å². The fourth-order valence-corrected chi connectivity index (χ4v) is 4.98. The highest BCUT2D eigenvalue weighted by Gasteiger charge is 2.30. The van der Waals surface area contributed by atoms with Gasteiger partial charge in [-0.1, -0.05) is 34.5 Å². The van der Waals surface area contributed by atoms with Crippen molar-refractivity contribution < 1.29 is 17.9 Å². The predicted molar refractivity (Wildman–Crippen MR) is 124 cm³/mol. The van der Waals surface area contributed by atoms with Crippen LogP contribution in [0.3, 0.4) is 0 Å². The summed E-state index contributed by atoms with van der Waals surface area (Å²) in [6.07, 6.45) is 1.01. The second-order valence-corrected chi connectivity index (χ2v) is 10.1. The van der Waals surface area contributed by atoms with Crippen LogP contribution in [0.1, 0.15) is 6.92 Å². The number of aromatic nitrogens is 2. The average Bonchev–Trinajstić information content (AvgIpc) is 3.18. The number of anilines is 2. The average molecular weight is 501 g/mol. The van der Waals surface area contributed by atoms with E-state index in [1.54, 1.807) is 19.2 Å². The first kappa shape index (κ1) is 23.3. The summed E-state index contributed by atoms with van der Waals surface area (Å²) in [6, 6.07) is 10.5. The smallest absolute Gasteiger partial charge is 0.249 e. The molecule has 1 atom stereocenters. The number of amides is 1. The molecule has 1 aromatic heterocycles. The van der Waals surface area contributed by atoms with Crippen LogP contribution in [0, 0.1) is 0 Å². The molecular weight excluding hydrogens is 483 g/mol. The third kappa shape index (κ3) is 5.45. The molecule has 1 N–H and O–H groups in total. The summed E-state index contributed by atoms with van der Waals surface area (Å²) in [6.45, 7) is 1.46. The Morgan fingerprint density at radius 2 is 1.81 bits per heavy atom. The molecule has 0 fully saturated rings. The summed E-state index contributed by atoms with van der Waals surface area (Å²) in [5.41, 5.74) is 1.02. The van der Waals surface area contributed by atoms with Crippen LogP contribution in [-0.4, -0.2) is 43.9 Å². The van der Waals surface area contributed by atoms with E-state index in [-0.39, 0.29) is 20.9 Å². The van der Waals surface area contributed by atoms with E-state index < -0.39 is 22.0 Å². The van der Waals surface area contributed by atoms with Crippen molar-refractivity contribution >= 4 is 61.3 Å². The summed E-state index contributed by atoms with van der Waals surface area (Å²) in [7, 11) is -2.23. The molecule has 8 nitrogen and oxygen atoms in total. The lowest BCUT2D eigenvalue weighted by atomic mass is 10.2. The molecule has 0 aliphatic carbocycles. The molecule has 0 aliphatic rings. The molecule has 0 saturated carbocycles. The Morgan fingerprint density at radius 3 is 2.39 bits per heavy atom. The SMILES string of the molecule is COc1ccc(-c2nnc(NC(=O)[C@@H](C)N(c3ccc(Cl)c(Cl)c3)S(C)(=O)=O)s2)cc1. The zero-order valence-corrected chi connectivity index (χ0v) is 19.8. The third-order valence-corrected chi connectivity index (χ3v) is 7.11. The third-order valence-electron chi connectivity index (χ3n) is 4.24. The highest BCUT2D eigenvalue weighted by molar-refractivity contribution is 7.92. The van der Waals surface area contributed by atoms with Gasteiger partial charge in [-0.3, -0.25) is 14.4 Å². The summed E-state index contributed by atoms with van der Waals surface area (Å²) >= 11 is 13.1. The van der Waals surface area contributed by atoms with Crippen LogP contribution < -0.4 is 14.4 Å².